The molecule has 2 aliphatic heterocycles. The van der Waals surface area contributed by atoms with Crippen LogP contribution in [-0.4, -0.2) is 40.3 Å². The monoisotopic (exact) mass is 389 g/mol. The van der Waals surface area contributed by atoms with Gasteiger partial charge < -0.3 is 9.32 Å². The lowest BCUT2D eigenvalue weighted by Gasteiger charge is -2.20. The molecular formula is C18H20BrN3O2. The SMILES string of the molecule is Cc1c(Br)cccc1-c1nc2c(o1)CN(C(=O)CN1CCCC1)C2. The fourth-order valence-electron chi connectivity index (χ4n) is 3.40. The van der Waals surface area contributed by atoms with Gasteiger partial charge in [-0.3, -0.25) is 9.69 Å². The first-order valence-electron chi connectivity index (χ1n) is 8.36. The van der Waals surface area contributed by atoms with Crippen LogP contribution in [0.15, 0.2) is 27.1 Å². The van der Waals surface area contributed by atoms with Crippen molar-refractivity contribution < 1.29 is 9.21 Å². The van der Waals surface area contributed by atoms with Crippen LogP contribution in [0, 0.1) is 6.92 Å². The van der Waals surface area contributed by atoms with Gasteiger partial charge in [0.15, 0.2) is 0 Å². The van der Waals surface area contributed by atoms with Gasteiger partial charge >= 0.3 is 0 Å². The minimum atomic E-state index is 0.172. The quantitative estimate of drug-likeness (QED) is 0.807. The van der Waals surface area contributed by atoms with E-state index in [1.807, 2.05) is 30.0 Å². The van der Waals surface area contributed by atoms with Crippen molar-refractivity contribution >= 4 is 21.8 Å². The smallest absolute Gasteiger partial charge is 0.237 e. The van der Waals surface area contributed by atoms with Gasteiger partial charge in [-0.1, -0.05) is 22.0 Å². The zero-order chi connectivity index (χ0) is 16.7. The summed E-state index contributed by atoms with van der Waals surface area (Å²) in [5.41, 5.74) is 2.99. The lowest BCUT2D eigenvalue weighted by Crippen LogP contribution is -2.36. The van der Waals surface area contributed by atoms with Crippen LogP contribution >= 0.6 is 15.9 Å². The molecule has 1 aromatic heterocycles. The Kier molecular flexibility index (Phi) is 4.18. The Morgan fingerprint density at radius 1 is 1.29 bits per heavy atom. The molecule has 1 amide bonds. The van der Waals surface area contributed by atoms with E-state index >= 15 is 0 Å². The van der Waals surface area contributed by atoms with Crippen molar-refractivity contribution in [3.8, 4) is 11.5 Å². The first-order chi connectivity index (χ1) is 11.6. The summed E-state index contributed by atoms with van der Waals surface area (Å²) in [5, 5.41) is 0. The summed E-state index contributed by atoms with van der Waals surface area (Å²) in [5.74, 6) is 1.63. The molecule has 0 N–H and O–H groups in total. The lowest BCUT2D eigenvalue weighted by molar-refractivity contribution is -0.133. The molecule has 5 nitrogen and oxygen atoms in total. The summed E-state index contributed by atoms with van der Waals surface area (Å²) in [6.45, 7) is 5.71. The van der Waals surface area contributed by atoms with Gasteiger partial charge in [-0.15, -0.1) is 0 Å². The van der Waals surface area contributed by atoms with Gasteiger partial charge in [0.25, 0.3) is 0 Å². The number of likely N-dealkylation sites (tertiary alicyclic amines) is 1. The standard InChI is InChI=1S/C18H20BrN3O2/c1-12-13(5-4-6-14(12)19)18-20-15-9-22(10-16(15)24-18)17(23)11-21-7-2-3-8-21/h4-6H,2-3,7-11H2,1H3. The normalized spacial score (nSPS) is 17.5. The number of amides is 1. The molecular weight excluding hydrogens is 370 g/mol. The van der Waals surface area contributed by atoms with Crippen molar-refractivity contribution in [2.75, 3.05) is 19.6 Å². The van der Waals surface area contributed by atoms with Crippen molar-refractivity contribution in [3.05, 3.63) is 39.7 Å². The summed E-state index contributed by atoms with van der Waals surface area (Å²) < 4.78 is 7.00. The summed E-state index contributed by atoms with van der Waals surface area (Å²) >= 11 is 3.54. The molecule has 126 valence electrons. The van der Waals surface area contributed by atoms with E-state index in [-0.39, 0.29) is 5.91 Å². The van der Waals surface area contributed by atoms with E-state index in [4.69, 9.17) is 4.42 Å². The second kappa shape index (κ2) is 6.33. The number of oxazole rings is 1. The molecule has 1 aromatic carbocycles. The van der Waals surface area contributed by atoms with E-state index in [0.717, 1.165) is 40.1 Å². The molecule has 0 atom stereocenters. The van der Waals surface area contributed by atoms with Gasteiger partial charge in [0.05, 0.1) is 19.6 Å². The number of rotatable bonds is 3. The molecule has 2 aromatic rings. The number of hydrogen-bond acceptors (Lipinski definition) is 4. The number of benzene rings is 1. The average Bonchev–Trinajstić information content (AvgIpc) is 3.25. The van der Waals surface area contributed by atoms with E-state index in [1.165, 1.54) is 12.8 Å². The van der Waals surface area contributed by atoms with E-state index in [1.54, 1.807) is 0 Å². The van der Waals surface area contributed by atoms with Crippen LogP contribution < -0.4 is 0 Å². The van der Waals surface area contributed by atoms with Crippen LogP contribution in [0.25, 0.3) is 11.5 Å². The Morgan fingerprint density at radius 3 is 2.83 bits per heavy atom. The second-order valence-electron chi connectivity index (χ2n) is 6.53. The molecule has 24 heavy (non-hydrogen) atoms. The van der Waals surface area contributed by atoms with E-state index in [9.17, 15) is 4.79 Å². The number of fused-ring (bicyclic) bond motifs is 1. The number of carbonyl (C=O) groups is 1. The third-order valence-electron chi connectivity index (χ3n) is 4.86. The van der Waals surface area contributed by atoms with Gasteiger partial charge in [0, 0.05) is 10.0 Å². The predicted octanol–water partition coefficient (Wildman–Crippen LogP) is 3.35. The molecule has 6 heteroatoms. The summed E-state index contributed by atoms with van der Waals surface area (Å²) in [7, 11) is 0. The highest BCUT2D eigenvalue weighted by Crippen LogP contribution is 2.32. The molecule has 0 bridgehead atoms. The van der Waals surface area contributed by atoms with Gasteiger partial charge in [0.1, 0.15) is 11.5 Å². The highest BCUT2D eigenvalue weighted by Gasteiger charge is 2.30. The average molecular weight is 390 g/mol. The van der Waals surface area contributed by atoms with E-state index < -0.39 is 0 Å². The van der Waals surface area contributed by atoms with Gasteiger partial charge in [-0.25, -0.2) is 4.98 Å². The number of halogens is 1. The Labute approximate surface area is 149 Å². The molecule has 0 saturated carbocycles. The van der Waals surface area contributed by atoms with Crippen LogP contribution in [0.1, 0.15) is 29.9 Å². The number of carbonyl (C=O) groups excluding carboxylic acids is 1. The Hall–Kier alpha value is -1.66. The summed E-state index contributed by atoms with van der Waals surface area (Å²) in [4.78, 5) is 21.1. The minimum absolute atomic E-state index is 0.172. The number of nitrogens with zero attached hydrogens (tertiary/aromatic N) is 3. The largest absolute Gasteiger partial charge is 0.439 e. The van der Waals surface area contributed by atoms with Crippen LogP contribution in [0.2, 0.25) is 0 Å². The molecule has 0 radical (unpaired) electrons. The first kappa shape index (κ1) is 15.8. The van der Waals surface area contributed by atoms with Crippen molar-refractivity contribution in [1.29, 1.82) is 0 Å². The maximum Gasteiger partial charge on any atom is 0.237 e. The highest BCUT2D eigenvalue weighted by atomic mass is 79.9. The van der Waals surface area contributed by atoms with Crippen molar-refractivity contribution in [2.24, 2.45) is 0 Å². The van der Waals surface area contributed by atoms with Gasteiger partial charge in [-0.2, -0.15) is 0 Å². The fourth-order valence-corrected chi connectivity index (χ4v) is 3.77. The Bertz CT molecular complexity index is 757. The first-order valence-corrected chi connectivity index (χ1v) is 9.15. The molecule has 3 heterocycles. The van der Waals surface area contributed by atoms with Crippen molar-refractivity contribution in [1.82, 2.24) is 14.8 Å². The summed E-state index contributed by atoms with van der Waals surface area (Å²) in [6.07, 6.45) is 2.40. The third-order valence-corrected chi connectivity index (χ3v) is 5.72. The van der Waals surface area contributed by atoms with Crippen LogP contribution in [0.3, 0.4) is 0 Å². The molecule has 4 rings (SSSR count). The van der Waals surface area contributed by atoms with Gasteiger partial charge in [0.2, 0.25) is 11.8 Å². The predicted molar refractivity (Wildman–Crippen MR) is 94.3 cm³/mol. The van der Waals surface area contributed by atoms with E-state index in [2.05, 4.69) is 25.8 Å². The zero-order valence-corrected chi connectivity index (χ0v) is 15.3. The molecule has 1 saturated heterocycles. The molecule has 1 fully saturated rings. The maximum atomic E-state index is 12.4. The Balaban J connectivity index is 1.48. The molecule has 0 unspecified atom stereocenters. The van der Waals surface area contributed by atoms with Crippen molar-refractivity contribution in [3.63, 3.8) is 0 Å². The third kappa shape index (κ3) is 2.89. The molecule has 0 spiro atoms. The summed E-state index contributed by atoms with van der Waals surface area (Å²) in [6, 6.07) is 6.00. The fraction of sp³-hybridized carbons (Fsp3) is 0.444. The van der Waals surface area contributed by atoms with E-state index in [0.29, 0.717) is 25.5 Å². The zero-order valence-electron chi connectivity index (χ0n) is 13.7. The van der Waals surface area contributed by atoms with Crippen LogP contribution in [0.4, 0.5) is 0 Å². The second-order valence-corrected chi connectivity index (χ2v) is 7.39. The highest BCUT2D eigenvalue weighted by molar-refractivity contribution is 9.10. The Morgan fingerprint density at radius 2 is 2.08 bits per heavy atom. The maximum absolute atomic E-state index is 12.4. The topological polar surface area (TPSA) is 49.6 Å². The number of hydrogen-bond donors (Lipinski definition) is 0. The molecule has 2 aliphatic rings. The van der Waals surface area contributed by atoms with Crippen molar-refractivity contribution in [2.45, 2.75) is 32.9 Å². The van der Waals surface area contributed by atoms with Gasteiger partial charge in [-0.05, 0) is 50.6 Å². The van der Waals surface area contributed by atoms with Crippen LogP contribution in [-0.2, 0) is 17.9 Å². The molecule has 0 aliphatic carbocycles. The minimum Gasteiger partial charge on any atom is -0.439 e. The number of aromatic nitrogens is 1. The van der Waals surface area contributed by atoms with Crippen LogP contribution in [0.5, 0.6) is 0 Å². The lowest BCUT2D eigenvalue weighted by atomic mass is 10.1.